The smallest absolute Gasteiger partial charge is 0.243 e. The fourth-order valence-electron chi connectivity index (χ4n) is 5.57. The van der Waals surface area contributed by atoms with Gasteiger partial charge in [0, 0.05) is 91.3 Å². The van der Waals surface area contributed by atoms with Crippen molar-refractivity contribution in [3.63, 3.8) is 0 Å². The fraction of sp³-hybridized carbons (Fsp3) is 0.242. The van der Waals surface area contributed by atoms with Gasteiger partial charge in [0.2, 0.25) is 5.91 Å². The van der Waals surface area contributed by atoms with Crippen LogP contribution >= 0.6 is 23.2 Å². The molecule has 45 heavy (non-hydrogen) atoms. The predicted octanol–water partition coefficient (Wildman–Crippen LogP) is 6.17. The molecule has 0 saturated carbocycles. The number of hydrogen-bond donors (Lipinski definition) is 2. The van der Waals surface area contributed by atoms with Gasteiger partial charge in [0.1, 0.15) is 23.0 Å². The monoisotopic (exact) mass is 645 g/mol. The standard InChI is InChI=1S/C33H33Cl2N7O3/c1-5-29(43)38-18-20-14-22(41-12-10-40(2)11-13-41)6-7-24(20)39-28-16-25-21(19-37-28)15-23(33-36-8-9-42(25)33)30-31(34)26(44-3)17-27(45-4)32(30)35/h5-9,14-17,19H,1,10-13,18H2,2-4H3,(H,37,39)(H,38,43). The quantitative estimate of drug-likeness (QED) is 0.184. The lowest BCUT2D eigenvalue weighted by atomic mass is 10.0. The van der Waals surface area contributed by atoms with Crippen molar-refractivity contribution in [2.24, 2.45) is 0 Å². The Morgan fingerprint density at radius 2 is 1.76 bits per heavy atom. The van der Waals surface area contributed by atoms with Crippen LogP contribution in [0.25, 0.3) is 27.7 Å². The summed E-state index contributed by atoms with van der Waals surface area (Å²) in [5, 5.41) is 7.94. The zero-order chi connectivity index (χ0) is 31.7. The Bertz CT molecular complexity index is 1890. The highest BCUT2D eigenvalue weighted by molar-refractivity contribution is 6.41. The molecule has 0 radical (unpaired) electrons. The lowest BCUT2D eigenvalue weighted by molar-refractivity contribution is -0.116. The van der Waals surface area contributed by atoms with E-state index in [1.165, 1.54) is 6.08 Å². The summed E-state index contributed by atoms with van der Waals surface area (Å²) in [6, 6.07) is 11.8. The van der Waals surface area contributed by atoms with Crippen molar-refractivity contribution in [1.29, 1.82) is 0 Å². The molecular formula is C33H33Cl2N7O3. The molecule has 4 heterocycles. The normalized spacial score (nSPS) is 13.7. The molecule has 1 saturated heterocycles. The molecule has 0 aliphatic carbocycles. The number of nitrogens with zero attached hydrogens (tertiary/aromatic N) is 5. The summed E-state index contributed by atoms with van der Waals surface area (Å²) in [6.07, 6.45) is 6.67. The van der Waals surface area contributed by atoms with Crippen LogP contribution in [-0.4, -0.2) is 72.6 Å². The average molecular weight is 647 g/mol. The van der Waals surface area contributed by atoms with Gasteiger partial charge < -0.3 is 29.9 Å². The number of carbonyl (C=O) groups is 1. The molecule has 3 aromatic heterocycles. The zero-order valence-electron chi connectivity index (χ0n) is 25.2. The minimum atomic E-state index is -0.234. The van der Waals surface area contributed by atoms with Gasteiger partial charge in [-0.15, -0.1) is 0 Å². The molecule has 2 aromatic carbocycles. The van der Waals surface area contributed by atoms with Crippen LogP contribution in [0.3, 0.4) is 0 Å². The van der Waals surface area contributed by atoms with Crippen LogP contribution in [0.4, 0.5) is 17.2 Å². The molecule has 6 rings (SSSR count). The third-order valence-electron chi connectivity index (χ3n) is 8.05. The molecule has 1 aliphatic heterocycles. The third-order valence-corrected chi connectivity index (χ3v) is 8.80. The highest BCUT2D eigenvalue weighted by atomic mass is 35.5. The van der Waals surface area contributed by atoms with Gasteiger partial charge in [0.15, 0.2) is 0 Å². The summed E-state index contributed by atoms with van der Waals surface area (Å²) in [4.78, 5) is 26.1. The Kier molecular flexibility index (Phi) is 8.71. The summed E-state index contributed by atoms with van der Waals surface area (Å²) in [5.41, 5.74) is 5.68. The molecule has 0 spiro atoms. The van der Waals surface area contributed by atoms with Crippen molar-refractivity contribution in [2.45, 2.75) is 6.54 Å². The number of carbonyl (C=O) groups excluding carboxylic acids is 1. The van der Waals surface area contributed by atoms with Crippen molar-refractivity contribution in [3.05, 3.63) is 83.3 Å². The Morgan fingerprint density at radius 3 is 2.44 bits per heavy atom. The lowest BCUT2D eigenvalue weighted by Gasteiger charge is -2.34. The van der Waals surface area contributed by atoms with Crippen LogP contribution in [0.2, 0.25) is 10.0 Å². The SMILES string of the molecule is C=CC(=O)NCc1cc(N2CCN(C)CC2)ccc1Nc1cc2c(cn1)cc(-c1c(Cl)c(OC)cc(OC)c1Cl)c1nccn12. The Hall–Kier alpha value is -4.51. The van der Waals surface area contributed by atoms with Gasteiger partial charge in [-0.2, -0.15) is 0 Å². The van der Waals surface area contributed by atoms with Gasteiger partial charge >= 0.3 is 0 Å². The number of methoxy groups -OCH3 is 2. The molecule has 1 amide bonds. The molecule has 232 valence electrons. The summed E-state index contributed by atoms with van der Waals surface area (Å²) < 4.78 is 13.0. The van der Waals surface area contributed by atoms with E-state index in [-0.39, 0.29) is 5.91 Å². The van der Waals surface area contributed by atoms with Crippen LogP contribution < -0.4 is 25.0 Å². The van der Waals surface area contributed by atoms with Gasteiger partial charge in [-0.1, -0.05) is 29.8 Å². The molecule has 2 N–H and O–H groups in total. The topological polar surface area (TPSA) is 96.3 Å². The second-order valence-corrected chi connectivity index (χ2v) is 11.5. The highest BCUT2D eigenvalue weighted by Gasteiger charge is 2.23. The predicted molar refractivity (Wildman–Crippen MR) is 181 cm³/mol. The maximum Gasteiger partial charge on any atom is 0.243 e. The number of nitrogens with one attached hydrogen (secondary N) is 2. The number of anilines is 3. The first-order valence-corrected chi connectivity index (χ1v) is 15.2. The van der Waals surface area contributed by atoms with Gasteiger partial charge in [-0.25, -0.2) is 9.97 Å². The largest absolute Gasteiger partial charge is 0.495 e. The molecular weight excluding hydrogens is 613 g/mol. The maximum absolute atomic E-state index is 12.0. The van der Waals surface area contributed by atoms with Crippen molar-refractivity contribution in [3.8, 4) is 22.6 Å². The van der Waals surface area contributed by atoms with Crippen molar-refractivity contribution >= 4 is 62.9 Å². The number of aromatic nitrogens is 3. The average Bonchev–Trinajstić information content (AvgIpc) is 3.56. The van der Waals surface area contributed by atoms with E-state index in [4.69, 9.17) is 37.7 Å². The van der Waals surface area contributed by atoms with Crippen LogP contribution in [0.1, 0.15) is 5.56 Å². The van der Waals surface area contributed by atoms with Gasteiger partial charge in [-0.05, 0) is 43.0 Å². The minimum Gasteiger partial charge on any atom is -0.495 e. The summed E-state index contributed by atoms with van der Waals surface area (Å²) in [5.74, 6) is 1.28. The zero-order valence-corrected chi connectivity index (χ0v) is 26.7. The molecule has 1 aliphatic rings. The number of piperazine rings is 1. The number of halogens is 2. The fourth-order valence-corrected chi connectivity index (χ4v) is 6.27. The van der Waals surface area contributed by atoms with Crippen molar-refractivity contribution in [1.82, 2.24) is 24.6 Å². The van der Waals surface area contributed by atoms with Gasteiger partial charge in [0.25, 0.3) is 0 Å². The first-order valence-electron chi connectivity index (χ1n) is 14.4. The molecule has 0 atom stereocenters. The first kappa shape index (κ1) is 30.5. The number of imidazole rings is 1. The number of benzene rings is 2. The van der Waals surface area contributed by atoms with Crippen LogP contribution in [-0.2, 0) is 11.3 Å². The molecule has 0 bridgehead atoms. The van der Waals surface area contributed by atoms with Crippen molar-refractivity contribution < 1.29 is 14.3 Å². The summed E-state index contributed by atoms with van der Waals surface area (Å²) in [6.45, 7) is 7.79. The van der Waals surface area contributed by atoms with Gasteiger partial charge in [-0.3, -0.25) is 9.20 Å². The highest BCUT2D eigenvalue weighted by Crippen LogP contribution is 2.47. The molecule has 0 unspecified atom stereocenters. The Labute approximate surface area is 271 Å². The van der Waals surface area contributed by atoms with E-state index in [0.717, 1.165) is 54.0 Å². The van der Waals surface area contributed by atoms with Gasteiger partial charge in [0.05, 0.1) is 29.8 Å². The second-order valence-electron chi connectivity index (χ2n) is 10.8. The minimum absolute atomic E-state index is 0.234. The number of likely N-dealkylation sites (N-methyl/N-ethyl adjacent to an activating group) is 1. The van der Waals surface area contributed by atoms with Crippen LogP contribution in [0.15, 0.2) is 67.6 Å². The van der Waals surface area contributed by atoms with E-state index in [2.05, 4.69) is 51.2 Å². The van der Waals surface area contributed by atoms with E-state index in [1.807, 2.05) is 28.8 Å². The Balaban J connectivity index is 1.39. The van der Waals surface area contributed by atoms with Crippen molar-refractivity contribution in [2.75, 3.05) is 57.7 Å². The maximum atomic E-state index is 12.0. The van der Waals surface area contributed by atoms with E-state index >= 15 is 0 Å². The third kappa shape index (κ3) is 5.96. The summed E-state index contributed by atoms with van der Waals surface area (Å²) in [7, 11) is 5.22. The van der Waals surface area contributed by atoms with E-state index in [9.17, 15) is 4.79 Å². The molecule has 5 aromatic rings. The Morgan fingerprint density at radius 1 is 1.02 bits per heavy atom. The number of fused-ring (bicyclic) bond motifs is 3. The van der Waals surface area contributed by atoms with E-state index < -0.39 is 0 Å². The first-order chi connectivity index (χ1) is 21.8. The summed E-state index contributed by atoms with van der Waals surface area (Å²) >= 11 is 13.6. The molecule has 12 heteroatoms. The van der Waals surface area contributed by atoms with E-state index in [1.54, 1.807) is 32.7 Å². The number of pyridine rings is 2. The number of ether oxygens (including phenoxy) is 2. The lowest BCUT2D eigenvalue weighted by Crippen LogP contribution is -2.44. The molecule has 1 fully saturated rings. The van der Waals surface area contributed by atoms with Crippen LogP contribution in [0, 0.1) is 0 Å². The van der Waals surface area contributed by atoms with Crippen LogP contribution in [0.5, 0.6) is 11.5 Å². The number of amides is 1. The second kappa shape index (κ2) is 12.8. The number of hydrogen-bond acceptors (Lipinski definition) is 8. The van der Waals surface area contributed by atoms with E-state index in [0.29, 0.717) is 50.7 Å². The number of rotatable bonds is 9. The molecule has 10 nitrogen and oxygen atoms in total.